The maximum Gasteiger partial charge on any atom is 0.232 e. The molecule has 0 saturated carbocycles. The Kier molecular flexibility index (Phi) is 7.06. The van der Waals surface area contributed by atoms with Crippen LogP contribution in [0.15, 0.2) is 48.5 Å². The summed E-state index contributed by atoms with van der Waals surface area (Å²) in [5.74, 6) is 0.987. The van der Waals surface area contributed by atoms with Crippen molar-refractivity contribution in [2.75, 3.05) is 37.9 Å². The van der Waals surface area contributed by atoms with Crippen molar-refractivity contribution in [1.82, 2.24) is 5.32 Å². The lowest BCUT2D eigenvalue weighted by atomic mass is 10.1. The quantitative estimate of drug-likeness (QED) is 0.704. The van der Waals surface area contributed by atoms with Gasteiger partial charge in [0.05, 0.1) is 39.1 Å². The van der Waals surface area contributed by atoms with Gasteiger partial charge in [-0.15, -0.1) is 0 Å². The molecule has 8 heteroatoms. The summed E-state index contributed by atoms with van der Waals surface area (Å²) in [5.41, 5.74) is 1.28. The van der Waals surface area contributed by atoms with E-state index < -0.39 is 10.0 Å². The number of carbonyl (C=O) groups is 1. The second-order valence-corrected chi connectivity index (χ2v) is 7.79. The molecular weight excluding hydrogens is 368 g/mol. The molecule has 1 amide bonds. The Balaban J connectivity index is 1.98. The fraction of sp³-hybridized carbons (Fsp3) is 0.316. The Morgan fingerprint density at radius 1 is 1.04 bits per heavy atom. The molecule has 0 unspecified atom stereocenters. The van der Waals surface area contributed by atoms with Crippen LogP contribution in [0.3, 0.4) is 0 Å². The lowest BCUT2D eigenvalue weighted by Gasteiger charge is -2.24. The fourth-order valence-corrected chi connectivity index (χ4v) is 3.52. The lowest BCUT2D eigenvalue weighted by molar-refractivity contribution is -0.120. The molecule has 0 radical (unpaired) electrons. The number of para-hydroxylation sites is 2. The molecule has 2 rings (SSSR count). The first-order chi connectivity index (χ1) is 12.8. The number of rotatable bonds is 9. The molecule has 0 aliphatic heterocycles. The number of nitrogens with zero attached hydrogens (tertiary/aromatic N) is 1. The summed E-state index contributed by atoms with van der Waals surface area (Å²) < 4.78 is 35.9. The summed E-state index contributed by atoms with van der Waals surface area (Å²) in [4.78, 5) is 12.1. The van der Waals surface area contributed by atoms with E-state index in [-0.39, 0.29) is 25.4 Å². The Morgan fingerprint density at radius 2 is 1.70 bits per heavy atom. The summed E-state index contributed by atoms with van der Waals surface area (Å²) in [6.45, 7) is 0.285. The minimum Gasteiger partial charge on any atom is -0.497 e. The molecule has 0 aliphatic rings. The molecule has 0 fully saturated rings. The highest BCUT2D eigenvalue weighted by Gasteiger charge is 2.20. The van der Waals surface area contributed by atoms with Crippen molar-refractivity contribution in [3.63, 3.8) is 0 Å². The smallest absolute Gasteiger partial charge is 0.232 e. The summed E-state index contributed by atoms with van der Waals surface area (Å²) in [6.07, 6.45) is 1.33. The van der Waals surface area contributed by atoms with Crippen LogP contribution in [-0.2, 0) is 21.2 Å². The van der Waals surface area contributed by atoms with Crippen molar-refractivity contribution < 1.29 is 22.7 Å². The van der Waals surface area contributed by atoms with Gasteiger partial charge in [0.15, 0.2) is 0 Å². The number of methoxy groups -OCH3 is 2. The van der Waals surface area contributed by atoms with E-state index in [2.05, 4.69) is 5.32 Å². The standard InChI is InChI=1S/C19H24N2O5S/c1-25-16-10-8-15(9-11-16)14-19(22)20-12-13-21(27(3,23)24)17-6-4-5-7-18(17)26-2/h4-11H,12-14H2,1-3H3,(H,20,22). The van der Waals surface area contributed by atoms with Gasteiger partial charge in [-0.2, -0.15) is 0 Å². The van der Waals surface area contributed by atoms with Crippen LogP contribution in [0, 0.1) is 0 Å². The number of ether oxygens (including phenoxy) is 2. The molecule has 1 N–H and O–H groups in total. The maximum atomic E-state index is 12.2. The van der Waals surface area contributed by atoms with Gasteiger partial charge in [0.25, 0.3) is 0 Å². The first-order valence-corrected chi connectivity index (χ1v) is 10.2. The number of carbonyl (C=O) groups excluding carboxylic acids is 1. The molecule has 0 aliphatic carbocycles. The third kappa shape index (κ3) is 5.89. The van der Waals surface area contributed by atoms with Gasteiger partial charge in [-0.3, -0.25) is 9.10 Å². The third-order valence-corrected chi connectivity index (χ3v) is 5.09. The van der Waals surface area contributed by atoms with E-state index in [0.29, 0.717) is 11.4 Å². The summed E-state index contributed by atoms with van der Waals surface area (Å²) in [7, 11) is -0.465. The van der Waals surface area contributed by atoms with Crippen LogP contribution in [0.5, 0.6) is 11.5 Å². The third-order valence-electron chi connectivity index (χ3n) is 3.91. The van der Waals surface area contributed by atoms with E-state index in [1.54, 1.807) is 43.5 Å². The van der Waals surface area contributed by atoms with E-state index in [0.717, 1.165) is 17.6 Å². The topological polar surface area (TPSA) is 84.9 Å². The summed E-state index contributed by atoms with van der Waals surface area (Å²) >= 11 is 0. The first kappa shape index (κ1) is 20.6. The highest BCUT2D eigenvalue weighted by Crippen LogP contribution is 2.29. The molecule has 0 atom stereocenters. The van der Waals surface area contributed by atoms with Gasteiger partial charge in [0.2, 0.25) is 15.9 Å². The number of anilines is 1. The van der Waals surface area contributed by atoms with E-state index in [4.69, 9.17) is 9.47 Å². The Morgan fingerprint density at radius 3 is 2.30 bits per heavy atom. The summed E-state index contributed by atoms with van der Waals surface area (Å²) in [5, 5.41) is 2.75. The Bertz CT molecular complexity index is 866. The van der Waals surface area contributed by atoms with Crippen LogP contribution in [0.25, 0.3) is 0 Å². The number of hydrogen-bond donors (Lipinski definition) is 1. The number of sulfonamides is 1. The van der Waals surface area contributed by atoms with Crippen LogP contribution in [0.2, 0.25) is 0 Å². The predicted molar refractivity (Wildman–Crippen MR) is 105 cm³/mol. The second kappa shape index (κ2) is 9.27. The largest absolute Gasteiger partial charge is 0.497 e. The normalized spacial score (nSPS) is 10.9. The highest BCUT2D eigenvalue weighted by molar-refractivity contribution is 7.92. The van der Waals surface area contributed by atoms with Crippen molar-refractivity contribution in [1.29, 1.82) is 0 Å². The molecule has 0 heterocycles. The Labute approximate surface area is 160 Å². The van der Waals surface area contributed by atoms with Gasteiger partial charge in [0, 0.05) is 6.54 Å². The number of benzene rings is 2. The zero-order valence-electron chi connectivity index (χ0n) is 15.6. The van der Waals surface area contributed by atoms with Crippen LogP contribution >= 0.6 is 0 Å². The van der Waals surface area contributed by atoms with Crippen molar-refractivity contribution >= 4 is 21.6 Å². The van der Waals surface area contributed by atoms with Gasteiger partial charge in [-0.05, 0) is 29.8 Å². The van der Waals surface area contributed by atoms with E-state index in [1.807, 2.05) is 12.1 Å². The van der Waals surface area contributed by atoms with E-state index >= 15 is 0 Å². The molecule has 27 heavy (non-hydrogen) atoms. The van der Waals surface area contributed by atoms with Gasteiger partial charge in [-0.25, -0.2) is 8.42 Å². The molecule has 146 valence electrons. The molecule has 0 bridgehead atoms. The number of nitrogens with one attached hydrogen (secondary N) is 1. The van der Waals surface area contributed by atoms with E-state index in [9.17, 15) is 13.2 Å². The molecule has 2 aromatic rings. The van der Waals surface area contributed by atoms with Gasteiger partial charge >= 0.3 is 0 Å². The van der Waals surface area contributed by atoms with Crippen molar-refractivity contribution in [2.45, 2.75) is 6.42 Å². The van der Waals surface area contributed by atoms with Gasteiger partial charge in [0.1, 0.15) is 11.5 Å². The molecular formula is C19H24N2O5S. The van der Waals surface area contributed by atoms with Gasteiger partial charge in [-0.1, -0.05) is 24.3 Å². The maximum absolute atomic E-state index is 12.2. The minimum absolute atomic E-state index is 0.105. The minimum atomic E-state index is -3.53. The predicted octanol–water partition coefficient (Wildman–Crippen LogP) is 1.83. The molecule has 0 spiro atoms. The lowest BCUT2D eigenvalue weighted by Crippen LogP contribution is -2.38. The van der Waals surface area contributed by atoms with Gasteiger partial charge < -0.3 is 14.8 Å². The molecule has 0 saturated heterocycles. The summed E-state index contributed by atoms with van der Waals surface area (Å²) in [6, 6.07) is 14.1. The van der Waals surface area contributed by atoms with Crippen LogP contribution in [0.1, 0.15) is 5.56 Å². The molecule has 7 nitrogen and oxygen atoms in total. The monoisotopic (exact) mass is 392 g/mol. The van der Waals surface area contributed by atoms with Crippen LogP contribution in [0.4, 0.5) is 5.69 Å². The fourth-order valence-electron chi connectivity index (χ4n) is 2.59. The van der Waals surface area contributed by atoms with E-state index in [1.165, 1.54) is 11.4 Å². The SMILES string of the molecule is COc1ccc(CC(=O)NCCN(c2ccccc2OC)S(C)(=O)=O)cc1. The van der Waals surface area contributed by atoms with Crippen molar-refractivity contribution in [2.24, 2.45) is 0 Å². The van der Waals surface area contributed by atoms with Crippen LogP contribution in [-0.4, -0.2) is 47.9 Å². The molecule has 2 aromatic carbocycles. The van der Waals surface area contributed by atoms with Crippen molar-refractivity contribution in [3.05, 3.63) is 54.1 Å². The number of hydrogen-bond acceptors (Lipinski definition) is 5. The average Bonchev–Trinajstić information content (AvgIpc) is 2.65. The van der Waals surface area contributed by atoms with Crippen molar-refractivity contribution in [3.8, 4) is 11.5 Å². The Hall–Kier alpha value is -2.74. The second-order valence-electron chi connectivity index (χ2n) is 5.88. The highest BCUT2D eigenvalue weighted by atomic mass is 32.2. The molecule has 0 aromatic heterocycles. The van der Waals surface area contributed by atoms with Crippen LogP contribution < -0.4 is 19.1 Å². The first-order valence-electron chi connectivity index (χ1n) is 8.35. The number of amides is 1. The average molecular weight is 392 g/mol. The zero-order chi connectivity index (χ0) is 19.9. The zero-order valence-corrected chi connectivity index (χ0v) is 16.5.